The lowest BCUT2D eigenvalue weighted by Crippen LogP contribution is -2.41. The average molecular weight is 336 g/mol. The molecule has 1 aliphatic heterocycles. The van der Waals surface area contributed by atoms with Gasteiger partial charge in [0, 0.05) is 24.4 Å². The van der Waals surface area contributed by atoms with Crippen molar-refractivity contribution < 1.29 is 4.79 Å². The van der Waals surface area contributed by atoms with Crippen molar-refractivity contribution in [3.63, 3.8) is 0 Å². The Kier molecular flexibility index (Phi) is 4.49. The van der Waals surface area contributed by atoms with Crippen LogP contribution in [-0.4, -0.2) is 24.1 Å². The maximum atomic E-state index is 12.8. The van der Waals surface area contributed by atoms with Crippen LogP contribution in [-0.2, 0) is 4.79 Å². The maximum absolute atomic E-state index is 12.8. The molecule has 132 valence electrons. The minimum absolute atomic E-state index is 0.245. The second-order valence-electron chi connectivity index (χ2n) is 8.12. The summed E-state index contributed by atoms with van der Waals surface area (Å²) in [7, 11) is 0. The molecule has 2 aliphatic carbocycles. The minimum atomic E-state index is 0.245. The summed E-state index contributed by atoms with van der Waals surface area (Å²) in [6, 6.07) is 9.62. The molecule has 3 aliphatic rings. The van der Waals surface area contributed by atoms with Crippen molar-refractivity contribution >= 4 is 12.0 Å². The van der Waals surface area contributed by atoms with E-state index in [0.717, 1.165) is 24.1 Å². The number of rotatable bonds is 2. The highest BCUT2D eigenvalue weighted by atomic mass is 16.1. The first-order valence-electron chi connectivity index (χ1n) is 9.77. The Bertz CT molecular complexity index is 714. The second-order valence-corrected chi connectivity index (χ2v) is 8.12. The summed E-state index contributed by atoms with van der Waals surface area (Å²) in [5.41, 5.74) is 4.61. The number of hydrogen-bond donors (Lipinski definition) is 1. The van der Waals surface area contributed by atoms with Crippen LogP contribution in [0.5, 0.6) is 0 Å². The Morgan fingerprint density at radius 3 is 2.60 bits per heavy atom. The fraction of sp³-hybridized carbons (Fsp3) is 0.545. The highest BCUT2D eigenvalue weighted by Crippen LogP contribution is 2.36. The number of allylic oxidation sites excluding steroid dienone is 2. The van der Waals surface area contributed by atoms with Gasteiger partial charge in [0.15, 0.2) is 5.78 Å². The van der Waals surface area contributed by atoms with E-state index < -0.39 is 0 Å². The van der Waals surface area contributed by atoms with Gasteiger partial charge in [0.05, 0.1) is 11.6 Å². The highest BCUT2D eigenvalue weighted by Gasteiger charge is 2.33. The molecular formula is C22H28N2O. The van der Waals surface area contributed by atoms with Gasteiger partial charge < -0.3 is 5.32 Å². The van der Waals surface area contributed by atoms with E-state index in [2.05, 4.69) is 43.4 Å². The van der Waals surface area contributed by atoms with Gasteiger partial charge in [-0.2, -0.15) is 0 Å². The largest absolute Gasteiger partial charge is 0.383 e. The van der Waals surface area contributed by atoms with E-state index in [9.17, 15) is 4.79 Å². The van der Waals surface area contributed by atoms with Crippen molar-refractivity contribution in [2.45, 2.75) is 76.3 Å². The first kappa shape index (κ1) is 16.6. The molecule has 1 N–H and O–H groups in total. The molecule has 0 amide bonds. The molecule has 0 unspecified atom stereocenters. The van der Waals surface area contributed by atoms with Gasteiger partial charge in [0.1, 0.15) is 0 Å². The summed E-state index contributed by atoms with van der Waals surface area (Å²) in [6.45, 7) is 4.43. The van der Waals surface area contributed by atoms with Crippen LogP contribution in [0.25, 0.3) is 0 Å². The highest BCUT2D eigenvalue weighted by molar-refractivity contribution is 6.15. The van der Waals surface area contributed by atoms with E-state index in [1.165, 1.54) is 30.4 Å². The summed E-state index contributed by atoms with van der Waals surface area (Å²) < 4.78 is 0. The van der Waals surface area contributed by atoms with Gasteiger partial charge in [0.25, 0.3) is 0 Å². The summed E-state index contributed by atoms with van der Waals surface area (Å²) in [5, 5.41) is 3.71. The zero-order valence-corrected chi connectivity index (χ0v) is 15.3. The predicted octanol–water partition coefficient (Wildman–Crippen LogP) is 4.50. The van der Waals surface area contributed by atoms with E-state index in [4.69, 9.17) is 4.99 Å². The van der Waals surface area contributed by atoms with Crippen molar-refractivity contribution in [2.75, 3.05) is 0 Å². The van der Waals surface area contributed by atoms with Gasteiger partial charge in [-0.25, -0.2) is 0 Å². The maximum Gasteiger partial charge on any atom is 0.166 e. The van der Waals surface area contributed by atoms with Crippen LogP contribution in [0.2, 0.25) is 0 Å². The van der Waals surface area contributed by atoms with Crippen molar-refractivity contribution in [3.05, 3.63) is 46.7 Å². The predicted molar refractivity (Wildman–Crippen MR) is 102 cm³/mol. The van der Waals surface area contributed by atoms with Gasteiger partial charge in [-0.1, -0.05) is 51.0 Å². The van der Waals surface area contributed by atoms with Crippen LogP contribution in [0.3, 0.4) is 0 Å². The SMILES string of the molecule is CC(C)c1ccc([C@@H]2CC(=O)C3=C(C2)N[C@H]2CCCC[C@@H]2N=C3)cc1. The second kappa shape index (κ2) is 6.78. The minimum Gasteiger partial charge on any atom is -0.383 e. The number of benzene rings is 1. The van der Waals surface area contributed by atoms with E-state index in [1.807, 2.05) is 6.21 Å². The van der Waals surface area contributed by atoms with E-state index in [1.54, 1.807) is 0 Å². The Balaban J connectivity index is 1.57. The molecule has 0 radical (unpaired) electrons. The molecule has 0 aromatic heterocycles. The molecule has 3 heteroatoms. The standard InChI is InChI=1S/C22H28N2O/c1-14(2)15-7-9-16(10-8-15)17-11-21-18(22(25)12-17)13-23-19-5-3-4-6-20(19)24-21/h7-10,13-14,17,19-20,24H,3-6,11-12H2,1-2H3/t17-,19-,20-/m0/s1. The number of carbonyl (C=O) groups is 1. The molecule has 0 spiro atoms. The molecule has 3 atom stereocenters. The fourth-order valence-electron chi connectivity index (χ4n) is 4.46. The monoisotopic (exact) mass is 336 g/mol. The van der Waals surface area contributed by atoms with Gasteiger partial charge in [-0.3, -0.25) is 9.79 Å². The summed E-state index contributed by atoms with van der Waals surface area (Å²) in [6.07, 6.45) is 8.23. The third-order valence-electron chi connectivity index (χ3n) is 6.07. The Morgan fingerprint density at radius 2 is 1.84 bits per heavy atom. The molecule has 1 heterocycles. The summed E-state index contributed by atoms with van der Waals surface area (Å²) in [4.78, 5) is 17.5. The zero-order valence-electron chi connectivity index (χ0n) is 15.3. The van der Waals surface area contributed by atoms with Gasteiger partial charge in [0.2, 0.25) is 0 Å². The van der Waals surface area contributed by atoms with Gasteiger partial charge in [-0.05, 0) is 42.2 Å². The number of nitrogens with one attached hydrogen (secondary N) is 1. The molecule has 1 aromatic carbocycles. The first-order valence-corrected chi connectivity index (χ1v) is 9.77. The molecule has 0 bridgehead atoms. The lowest BCUT2D eigenvalue weighted by atomic mass is 9.81. The number of fused-ring (bicyclic) bond motifs is 1. The topological polar surface area (TPSA) is 41.5 Å². The van der Waals surface area contributed by atoms with E-state index in [-0.39, 0.29) is 11.7 Å². The average Bonchev–Trinajstić information content (AvgIpc) is 2.81. The molecule has 1 aromatic rings. The van der Waals surface area contributed by atoms with Crippen LogP contribution in [0.1, 0.15) is 75.3 Å². The van der Waals surface area contributed by atoms with Crippen LogP contribution in [0.4, 0.5) is 0 Å². The number of carbonyl (C=O) groups excluding carboxylic acids is 1. The summed E-state index contributed by atoms with van der Waals surface area (Å²) in [5.74, 6) is 1.07. The Labute approximate surface area is 150 Å². The van der Waals surface area contributed by atoms with Crippen molar-refractivity contribution in [3.8, 4) is 0 Å². The molecule has 3 nitrogen and oxygen atoms in total. The number of ketones is 1. The van der Waals surface area contributed by atoms with Crippen LogP contribution < -0.4 is 5.32 Å². The lowest BCUT2D eigenvalue weighted by Gasteiger charge is -2.32. The fourth-order valence-corrected chi connectivity index (χ4v) is 4.46. The smallest absolute Gasteiger partial charge is 0.166 e. The Morgan fingerprint density at radius 1 is 1.08 bits per heavy atom. The number of nitrogens with zero attached hydrogens (tertiary/aromatic N) is 1. The number of aliphatic imine (C=N–C) groups is 1. The van der Waals surface area contributed by atoms with Gasteiger partial charge >= 0.3 is 0 Å². The third kappa shape index (κ3) is 3.29. The van der Waals surface area contributed by atoms with Crippen LogP contribution >= 0.6 is 0 Å². The quantitative estimate of drug-likeness (QED) is 0.864. The first-order chi connectivity index (χ1) is 12.1. The lowest BCUT2D eigenvalue weighted by molar-refractivity contribution is -0.115. The zero-order chi connectivity index (χ0) is 17.4. The van der Waals surface area contributed by atoms with Crippen LogP contribution in [0, 0.1) is 0 Å². The summed E-state index contributed by atoms with van der Waals surface area (Å²) >= 11 is 0. The molecule has 1 saturated carbocycles. The Hall–Kier alpha value is -1.90. The molecule has 0 saturated heterocycles. The van der Waals surface area contributed by atoms with Crippen molar-refractivity contribution in [1.82, 2.24) is 5.32 Å². The van der Waals surface area contributed by atoms with Crippen LogP contribution in [0.15, 0.2) is 40.5 Å². The normalized spacial score (nSPS) is 29.1. The van der Waals surface area contributed by atoms with Crippen molar-refractivity contribution in [2.24, 2.45) is 4.99 Å². The molecule has 25 heavy (non-hydrogen) atoms. The van der Waals surface area contributed by atoms with Crippen molar-refractivity contribution in [1.29, 1.82) is 0 Å². The molecule has 4 rings (SSSR count). The molecular weight excluding hydrogens is 308 g/mol. The third-order valence-corrected chi connectivity index (χ3v) is 6.07. The van der Waals surface area contributed by atoms with E-state index >= 15 is 0 Å². The van der Waals surface area contributed by atoms with E-state index in [0.29, 0.717) is 24.4 Å². The van der Waals surface area contributed by atoms with Gasteiger partial charge in [-0.15, -0.1) is 0 Å². The number of Topliss-reactive ketones (excluding diaryl/α,β-unsaturated/α-hetero) is 1. The molecule has 1 fully saturated rings. The number of hydrogen-bond acceptors (Lipinski definition) is 3.